The summed E-state index contributed by atoms with van der Waals surface area (Å²) in [6, 6.07) is 6.23. The van der Waals surface area contributed by atoms with E-state index < -0.39 is 11.8 Å². The summed E-state index contributed by atoms with van der Waals surface area (Å²) in [6.07, 6.45) is 3.89. The number of aliphatic carboxylic acids is 1. The van der Waals surface area contributed by atoms with Crippen LogP contribution in [0.1, 0.15) is 5.56 Å². The first-order valence-corrected chi connectivity index (χ1v) is 4.63. The zero-order valence-corrected chi connectivity index (χ0v) is 8.22. The van der Waals surface area contributed by atoms with E-state index in [1.54, 1.807) is 18.2 Å². The van der Waals surface area contributed by atoms with Crippen LogP contribution in [0.25, 0.3) is 17.0 Å². The Kier molecular flexibility index (Phi) is 2.64. The molecule has 0 atom stereocenters. The Labute approximate surface area is 90.9 Å². The van der Waals surface area contributed by atoms with Crippen LogP contribution in [0.15, 0.2) is 36.5 Å². The zero-order valence-electron chi connectivity index (χ0n) is 8.22. The number of carbonyl (C=O) groups is 1. The first-order valence-electron chi connectivity index (χ1n) is 4.63. The van der Waals surface area contributed by atoms with E-state index in [0.29, 0.717) is 10.9 Å². The molecule has 16 heavy (non-hydrogen) atoms. The molecule has 0 saturated carbocycles. The highest BCUT2D eigenvalue weighted by Gasteiger charge is 2.03. The third kappa shape index (κ3) is 1.91. The number of pyridine rings is 1. The summed E-state index contributed by atoms with van der Waals surface area (Å²) in [5.74, 6) is -1.45. The summed E-state index contributed by atoms with van der Waals surface area (Å²) in [6.45, 7) is 0. The van der Waals surface area contributed by atoms with E-state index >= 15 is 0 Å². The van der Waals surface area contributed by atoms with Crippen LogP contribution in [0.2, 0.25) is 0 Å². The predicted octanol–water partition coefficient (Wildman–Crippen LogP) is 2.47. The van der Waals surface area contributed by atoms with Crippen molar-refractivity contribution in [3.8, 4) is 0 Å². The van der Waals surface area contributed by atoms with Gasteiger partial charge in [0.2, 0.25) is 0 Å². The predicted molar refractivity (Wildman–Crippen MR) is 58.4 cm³/mol. The van der Waals surface area contributed by atoms with Gasteiger partial charge in [-0.3, -0.25) is 4.98 Å². The summed E-state index contributed by atoms with van der Waals surface area (Å²) in [7, 11) is 0. The normalized spacial score (nSPS) is 11.1. The van der Waals surface area contributed by atoms with Crippen molar-refractivity contribution in [1.29, 1.82) is 0 Å². The van der Waals surface area contributed by atoms with Crippen LogP contribution in [0.4, 0.5) is 4.39 Å². The van der Waals surface area contributed by atoms with E-state index in [-0.39, 0.29) is 5.52 Å². The average Bonchev–Trinajstić information content (AvgIpc) is 2.27. The van der Waals surface area contributed by atoms with E-state index in [1.165, 1.54) is 18.3 Å². The Hall–Kier alpha value is -2.23. The van der Waals surface area contributed by atoms with Crippen LogP contribution in [-0.4, -0.2) is 16.1 Å². The molecule has 2 rings (SSSR count). The van der Waals surface area contributed by atoms with E-state index in [2.05, 4.69) is 4.98 Å². The Morgan fingerprint density at radius 2 is 2.19 bits per heavy atom. The average molecular weight is 217 g/mol. The molecular formula is C12H8FNO2. The number of carboxylic acids is 1. The summed E-state index contributed by atoms with van der Waals surface area (Å²) >= 11 is 0. The van der Waals surface area contributed by atoms with Crippen LogP contribution < -0.4 is 0 Å². The number of halogens is 1. The van der Waals surface area contributed by atoms with Crippen molar-refractivity contribution < 1.29 is 14.3 Å². The summed E-state index contributed by atoms with van der Waals surface area (Å²) in [4.78, 5) is 14.3. The molecule has 1 aromatic carbocycles. The van der Waals surface area contributed by atoms with E-state index in [1.807, 2.05) is 0 Å². The lowest BCUT2D eigenvalue weighted by Crippen LogP contribution is -1.88. The van der Waals surface area contributed by atoms with Gasteiger partial charge in [0.05, 0.1) is 0 Å². The van der Waals surface area contributed by atoms with Crippen molar-refractivity contribution in [3.05, 3.63) is 47.9 Å². The number of aromatic nitrogens is 1. The summed E-state index contributed by atoms with van der Waals surface area (Å²) < 4.78 is 13.4. The lowest BCUT2D eigenvalue weighted by atomic mass is 10.1. The number of fused-ring (bicyclic) bond motifs is 1. The smallest absolute Gasteiger partial charge is 0.328 e. The first kappa shape index (κ1) is 10.3. The second-order valence-electron chi connectivity index (χ2n) is 3.21. The van der Waals surface area contributed by atoms with Crippen LogP contribution in [0.3, 0.4) is 0 Å². The maximum atomic E-state index is 13.4. The molecule has 0 spiro atoms. The molecule has 0 saturated heterocycles. The molecule has 0 aliphatic rings. The molecule has 1 aromatic heterocycles. The fourth-order valence-corrected chi connectivity index (χ4v) is 1.47. The van der Waals surface area contributed by atoms with Gasteiger partial charge in [-0.2, -0.15) is 0 Å². The number of carboxylic acid groups (broad SMARTS) is 1. The molecule has 0 amide bonds. The van der Waals surface area contributed by atoms with E-state index in [9.17, 15) is 9.18 Å². The van der Waals surface area contributed by atoms with Gasteiger partial charge in [0.25, 0.3) is 0 Å². The van der Waals surface area contributed by atoms with Gasteiger partial charge in [-0.05, 0) is 23.8 Å². The molecule has 4 heteroatoms. The van der Waals surface area contributed by atoms with Gasteiger partial charge in [0, 0.05) is 17.7 Å². The first-order chi connectivity index (χ1) is 7.68. The molecular weight excluding hydrogens is 209 g/mol. The molecule has 1 heterocycles. The molecule has 3 nitrogen and oxygen atoms in total. The molecule has 2 aromatic rings. The van der Waals surface area contributed by atoms with Crippen molar-refractivity contribution >= 4 is 22.9 Å². The SMILES string of the molecule is O=C(O)C=Cc1ccnc2c(F)cccc12. The number of para-hydroxylation sites is 1. The van der Waals surface area contributed by atoms with Gasteiger partial charge in [-0.15, -0.1) is 0 Å². The van der Waals surface area contributed by atoms with Crippen LogP contribution in [0, 0.1) is 5.82 Å². The molecule has 0 fully saturated rings. The monoisotopic (exact) mass is 217 g/mol. The van der Waals surface area contributed by atoms with Crippen LogP contribution in [0.5, 0.6) is 0 Å². The lowest BCUT2D eigenvalue weighted by Gasteiger charge is -2.01. The largest absolute Gasteiger partial charge is 0.478 e. The van der Waals surface area contributed by atoms with Crippen molar-refractivity contribution in [2.75, 3.05) is 0 Å². The fraction of sp³-hybridized carbons (Fsp3) is 0. The number of nitrogens with zero attached hydrogens (tertiary/aromatic N) is 1. The van der Waals surface area contributed by atoms with E-state index in [4.69, 9.17) is 5.11 Å². The summed E-state index contributed by atoms with van der Waals surface area (Å²) in [5.41, 5.74) is 0.877. The molecule has 80 valence electrons. The standard InChI is InChI=1S/C12H8FNO2/c13-10-3-1-2-9-8(4-5-11(15)16)6-7-14-12(9)10/h1-7H,(H,15,16). The lowest BCUT2D eigenvalue weighted by molar-refractivity contribution is -0.131. The van der Waals surface area contributed by atoms with Gasteiger partial charge in [-0.25, -0.2) is 9.18 Å². The highest BCUT2D eigenvalue weighted by atomic mass is 19.1. The molecule has 1 N–H and O–H groups in total. The molecule has 0 aliphatic carbocycles. The minimum Gasteiger partial charge on any atom is -0.478 e. The van der Waals surface area contributed by atoms with E-state index in [0.717, 1.165) is 6.08 Å². The number of hydrogen-bond donors (Lipinski definition) is 1. The number of benzene rings is 1. The zero-order chi connectivity index (χ0) is 11.5. The topological polar surface area (TPSA) is 50.2 Å². The molecule has 0 radical (unpaired) electrons. The van der Waals surface area contributed by atoms with Crippen LogP contribution >= 0.6 is 0 Å². The number of hydrogen-bond acceptors (Lipinski definition) is 2. The Bertz CT molecular complexity index is 578. The van der Waals surface area contributed by atoms with Gasteiger partial charge < -0.3 is 5.11 Å². The number of rotatable bonds is 2. The third-order valence-corrected chi connectivity index (χ3v) is 2.16. The highest BCUT2D eigenvalue weighted by Crippen LogP contribution is 2.20. The molecule has 0 aliphatic heterocycles. The quantitative estimate of drug-likeness (QED) is 0.786. The second-order valence-corrected chi connectivity index (χ2v) is 3.21. The highest BCUT2D eigenvalue weighted by molar-refractivity contribution is 5.92. The van der Waals surface area contributed by atoms with Crippen molar-refractivity contribution in [2.45, 2.75) is 0 Å². The maximum absolute atomic E-state index is 13.4. The van der Waals surface area contributed by atoms with Crippen molar-refractivity contribution in [2.24, 2.45) is 0 Å². The molecule has 0 unspecified atom stereocenters. The Balaban J connectivity index is 2.63. The minimum atomic E-state index is -1.04. The molecule has 0 bridgehead atoms. The van der Waals surface area contributed by atoms with Gasteiger partial charge in [0.15, 0.2) is 0 Å². The van der Waals surface area contributed by atoms with Gasteiger partial charge >= 0.3 is 5.97 Å². The van der Waals surface area contributed by atoms with Gasteiger partial charge in [0.1, 0.15) is 11.3 Å². The minimum absolute atomic E-state index is 0.245. The summed E-state index contributed by atoms with van der Waals surface area (Å²) in [5, 5.41) is 9.12. The van der Waals surface area contributed by atoms with Crippen molar-refractivity contribution in [3.63, 3.8) is 0 Å². The Morgan fingerprint density at radius 3 is 2.94 bits per heavy atom. The van der Waals surface area contributed by atoms with Gasteiger partial charge in [-0.1, -0.05) is 12.1 Å². The van der Waals surface area contributed by atoms with Crippen LogP contribution in [-0.2, 0) is 4.79 Å². The second kappa shape index (κ2) is 4.10. The maximum Gasteiger partial charge on any atom is 0.328 e. The third-order valence-electron chi connectivity index (χ3n) is 2.16. The van der Waals surface area contributed by atoms with Crippen molar-refractivity contribution in [1.82, 2.24) is 4.98 Å². The fourth-order valence-electron chi connectivity index (χ4n) is 1.47. The Morgan fingerprint density at radius 1 is 1.38 bits per heavy atom.